The van der Waals surface area contributed by atoms with Gasteiger partial charge in [0.1, 0.15) is 0 Å². The highest BCUT2D eigenvalue weighted by molar-refractivity contribution is 7.89. The maximum atomic E-state index is 13.0. The molecule has 0 radical (unpaired) electrons. The van der Waals surface area contributed by atoms with Gasteiger partial charge in [0.2, 0.25) is 10.0 Å². The average molecular weight is 418 g/mol. The Morgan fingerprint density at radius 1 is 0.828 bits per heavy atom. The molecule has 156 valence electrons. The number of aromatic nitrogens is 2. The number of anilines is 2. The van der Waals surface area contributed by atoms with Crippen LogP contribution in [0.3, 0.4) is 0 Å². The fourth-order valence-electron chi connectivity index (χ4n) is 3.83. The Balaban J connectivity index is 1.41. The van der Waals surface area contributed by atoms with Gasteiger partial charge in [-0.1, -0.05) is 17.7 Å². The topological polar surface area (TPSA) is 78.9 Å². The van der Waals surface area contributed by atoms with Crippen LogP contribution in [0, 0.1) is 13.8 Å². The number of sulfonamides is 1. The van der Waals surface area contributed by atoms with E-state index in [-0.39, 0.29) is 0 Å². The van der Waals surface area contributed by atoms with Gasteiger partial charge in [-0.25, -0.2) is 8.42 Å². The first kappa shape index (κ1) is 20.1. The summed E-state index contributed by atoms with van der Waals surface area (Å²) < 4.78 is 33.0. The van der Waals surface area contributed by atoms with Crippen LogP contribution < -0.4 is 9.80 Å². The SMILES string of the molecule is Cc1ccc(S(=O)(=O)N2CCN(c3ccc(N4CCOCC4)nn3)CC2)c(C)c1. The Labute approximate surface area is 172 Å². The molecular formula is C20H27N5O3S. The van der Waals surface area contributed by atoms with Crippen LogP contribution in [0.25, 0.3) is 0 Å². The molecule has 3 heterocycles. The van der Waals surface area contributed by atoms with E-state index in [0.717, 1.165) is 35.9 Å². The lowest BCUT2D eigenvalue weighted by atomic mass is 10.2. The number of hydrogen-bond acceptors (Lipinski definition) is 7. The van der Waals surface area contributed by atoms with Crippen LogP contribution in [0.15, 0.2) is 35.2 Å². The van der Waals surface area contributed by atoms with Crippen LogP contribution in [-0.4, -0.2) is 75.4 Å². The van der Waals surface area contributed by atoms with Gasteiger partial charge in [-0.05, 0) is 37.6 Å². The van der Waals surface area contributed by atoms with Crippen molar-refractivity contribution in [2.24, 2.45) is 0 Å². The van der Waals surface area contributed by atoms with Crippen LogP contribution in [0.5, 0.6) is 0 Å². The lowest BCUT2D eigenvalue weighted by Crippen LogP contribution is -2.49. The van der Waals surface area contributed by atoms with Crippen molar-refractivity contribution >= 4 is 21.7 Å². The van der Waals surface area contributed by atoms with Gasteiger partial charge < -0.3 is 14.5 Å². The van der Waals surface area contributed by atoms with E-state index in [1.165, 1.54) is 0 Å². The molecule has 0 amide bonds. The molecule has 0 bridgehead atoms. The molecule has 0 spiro atoms. The molecule has 2 fully saturated rings. The van der Waals surface area contributed by atoms with Gasteiger partial charge in [-0.2, -0.15) is 4.31 Å². The molecule has 2 saturated heterocycles. The fourth-order valence-corrected chi connectivity index (χ4v) is 5.46. The Bertz CT molecular complexity index is 951. The quantitative estimate of drug-likeness (QED) is 0.745. The second-order valence-electron chi connectivity index (χ2n) is 7.51. The molecule has 0 N–H and O–H groups in total. The van der Waals surface area contributed by atoms with Crippen molar-refractivity contribution in [1.29, 1.82) is 0 Å². The summed E-state index contributed by atoms with van der Waals surface area (Å²) in [4.78, 5) is 4.64. The summed E-state index contributed by atoms with van der Waals surface area (Å²) in [5, 5.41) is 8.73. The highest BCUT2D eigenvalue weighted by Gasteiger charge is 2.30. The highest BCUT2D eigenvalue weighted by Crippen LogP contribution is 2.24. The first-order chi connectivity index (χ1) is 13.9. The van der Waals surface area contributed by atoms with Crippen molar-refractivity contribution in [3.63, 3.8) is 0 Å². The van der Waals surface area contributed by atoms with Gasteiger partial charge >= 0.3 is 0 Å². The van der Waals surface area contributed by atoms with E-state index in [4.69, 9.17) is 4.74 Å². The van der Waals surface area contributed by atoms with Crippen LogP contribution in [0.4, 0.5) is 11.6 Å². The zero-order chi connectivity index (χ0) is 20.4. The monoisotopic (exact) mass is 417 g/mol. The van der Waals surface area contributed by atoms with Crippen molar-refractivity contribution < 1.29 is 13.2 Å². The standard InChI is InChI=1S/C20H27N5O3S/c1-16-3-4-18(17(2)15-16)29(26,27)25-9-7-23(8-10-25)19-5-6-20(22-21-19)24-11-13-28-14-12-24/h3-6,15H,7-14H2,1-2H3. The number of benzene rings is 1. The zero-order valence-electron chi connectivity index (χ0n) is 16.9. The summed E-state index contributed by atoms with van der Waals surface area (Å²) in [6, 6.07) is 9.41. The summed E-state index contributed by atoms with van der Waals surface area (Å²) in [5.41, 5.74) is 1.85. The molecule has 8 nitrogen and oxygen atoms in total. The van der Waals surface area contributed by atoms with E-state index >= 15 is 0 Å². The van der Waals surface area contributed by atoms with E-state index in [2.05, 4.69) is 20.0 Å². The zero-order valence-corrected chi connectivity index (χ0v) is 17.7. The van der Waals surface area contributed by atoms with Gasteiger partial charge in [-0.15, -0.1) is 10.2 Å². The smallest absolute Gasteiger partial charge is 0.243 e. The van der Waals surface area contributed by atoms with E-state index < -0.39 is 10.0 Å². The summed E-state index contributed by atoms with van der Waals surface area (Å²) in [6.07, 6.45) is 0. The number of aryl methyl sites for hydroxylation is 2. The lowest BCUT2D eigenvalue weighted by molar-refractivity contribution is 0.122. The molecular weight excluding hydrogens is 390 g/mol. The Morgan fingerprint density at radius 3 is 1.97 bits per heavy atom. The number of nitrogens with zero attached hydrogens (tertiary/aromatic N) is 5. The molecule has 2 aliphatic rings. The molecule has 1 aromatic heterocycles. The molecule has 29 heavy (non-hydrogen) atoms. The first-order valence-corrected chi connectivity index (χ1v) is 11.4. The molecule has 0 unspecified atom stereocenters. The normalized spacial score (nSPS) is 18.8. The van der Waals surface area contributed by atoms with E-state index in [0.29, 0.717) is 44.3 Å². The third-order valence-corrected chi connectivity index (χ3v) is 7.54. The van der Waals surface area contributed by atoms with Gasteiger partial charge in [0.05, 0.1) is 18.1 Å². The third-order valence-electron chi connectivity index (χ3n) is 5.48. The molecule has 2 aliphatic heterocycles. The minimum absolute atomic E-state index is 0.395. The average Bonchev–Trinajstić information content (AvgIpc) is 2.74. The van der Waals surface area contributed by atoms with Crippen molar-refractivity contribution in [1.82, 2.24) is 14.5 Å². The minimum atomic E-state index is -3.48. The van der Waals surface area contributed by atoms with Gasteiger partial charge in [0.15, 0.2) is 11.6 Å². The maximum absolute atomic E-state index is 13.0. The Hall–Kier alpha value is -2.23. The molecule has 2 aromatic rings. The third kappa shape index (κ3) is 4.22. The Kier molecular flexibility index (Phi) is 5.71. The number of ether oxygens (including phenoxy) is 1. The summed E-state index contributed by atoms with van der Waals surface area (Å²) in [6.45, 7) is 8.93. The molecule has 0 aliphatic carbocycles. The summed E-state index contributed by atoms with van der Waals surface area (Å²) in [7, 11) is -3.48. The van der Waals surface area contributed by atoms with E-state index in [1.54, 1.807) is 10.4 Å². The van der Waals surface area contributed by atoms with Crippen molar-refractivity contribution in [3.8, 4) is 0 Å². The molecule has 0 atom stereocenters. The van der Waals surface area contributed by atoms with Crippen LogP contribution in [0.1, 0.15) is 11.1 Å². The number of rotatable bonds is 4. The minimum Gasteiger partial charge on any atom is -0.378 e. The second kappa shape index (κ2) is 8.25. The van der Waals surface area contributed by atoms with Gasteiger partial charge in [-0.3, -0.25) is 0 Å². The van der Waals surface area contributed by atoms with Crippen molar-refractivity contribution in [2.45, 2.75) is 18.7 Å². The van der Waals surface area contributed by atoms with Crippen LogP contribution >= 0.6 is 0 Å². The summed E-state index contributed by atoms with van der Waals surface area (Å²) in [5.74, 6) is 1.64. The van der Waals surface area contributed by atoms with Gasteiger partial charge in [0.25, 0.3) is 0 Å². The van der Waals surface area contributed by atoms with Crippen molar-refractivity contribution in [3.05, 3.63) is 41.5 Å². The van der Waals surface area contributed by atoms with E-state index in [1.807, 2.05) is 38.1 Å². The van der Waals surface area contributed by atoms with Crippen LogP contribution in [0.2, 0.25) is 0 Å². The maximum Gasteiger partial charge on any atom is 0.243 e. The number of piperazine rings is 1. The molecule has 4 rings (SSSR count). The second-order valence-corrected chi connectivity index (χ2v) is 9.42. The molecule has 9 heteroatoms. The first-order valence-electron chi connectivity index (χ1n) is 9.94. The van der Waals surface area contributed by atoms with E-state index in [9.17, 15) is 8.42 Å². The van der Waals surface area contributed by atoms with Gasteiger partial charge in [0, 0.05) is 39.3 Å². The summed E-state index contributed by atoms with van der Waals surface area (Å²) >= 11 is 0. The predicted octanol–water partition coefficient (Wildman–Crippen LogP) is 1.44. The largest absolute Gasteiger partial charge is 0.378 e. The highest BCUT2D eigenvalue weighted by atomic mass is 32.2. The number of morpholine rings is 1. The lowest BCUT2D eigenvalue weighted by Gasteiger charge is -2.35. The number of hydrogen-bond donors (Lipinski definition) is 0. The fraction of sp³-hybridized carbons (Fsp3) is 0.500. The molecule has 1 aromatic carbocycles. The molecule has 0 saturated carbocycles. The Morgan fingerprint density at radius 2 is 1.41 bits per heavy atom. The predicted molar refractivity (Wildman–Crippen MR) is 112 cm³/mol. The van der Waals surface area contributed by atoms with Crippen LogP contribution in [-0.2, 0) is 14.8 Å². The van der Waals surface area contributed by atoms with Crippen molar-refractivity contribution in [2.75, 3.05) is 62.3 Å².